The number of carbonyl (C=O) groups excluding carboxylic acids is 1. The smallest absolute Gasteiger partial charge is 0.310 e. The lowest BCUT2D eigenvalue weighted by molar-refractivity contribution is -0.151. The summed E-state index contributed by atoms with van der Waals surface area (Å²) < 4.78 is 0. The molecule has 0 amide bonds. The van der Waals surface area contributed by atoms with Crippen molar-refractivity contribution in [1.82, 2.24) is 0 Å². The Balaban J connectivity index is 2.70. The fourth-order valence-electron chi connectivity index (χ4n) is 2.06. The number of rotatable bonds is 4. The van der Waals surface area contributed by atoms with E-state index in [-0.39, 0.29) is 18.1 Å². The third-order valence-corrected chi connectivity index (χ3v) is 3.17. The molecule has 0 unspecified atom stereocenters. The van der Waals surface area contributed by atoms with Gasteiger partial charge in [-0.1, -0.05) is 26.7 Å². The Bertz CT molecular complexity index is 237. The Labute approximate surface area is 84.5 Å². The highest BCUT2D eigenvalue weighted by atomic mass is 16.4. The first-order valence-corrected chi connectivity index (χ1v) is 5.24. The van der Waals surface area contributed by atoms with E-state index in [9.17, 15) is 9.59 Å². The number of Topliss-reactive ketones (excluding diaryl/α,β-unsaturated/α-hetero) is 1. The van der Waals surface area contributed by atoms with E-state index in [0.29, 0.717) is 12.8 Å². The number of hydrogen-bond acceptors (Lipinski definition) is 2. The largest absolute Gasteiger partial charge is 0.481 e. The highest BCUT2D eigenvalue weighted by molar-refractivity contribution is 5.87. The Morgan fingerprint density at radius 2 is 1.79 bits per heavy atom. The Morgan fingerprint density at radius 1 is 1.29 bits per heavy atom. The molecule has 0 aromatic rings. The van der Waals surface area contributed by atoms with Gasteiger partial charge < -0.3 is 5.11 Å². The highest BCUT2D eigenvalue weighted by Crippen LogP contribution is 2.42. The van der Waals surface area contributed by atoms with E-state index in [1.54, 1.807) is 0 Å². The molecule has 1 saturated carbocycles. The van der Waals surface area contributed by atoms with E-state index in [2.05, 4.69) is 0 Å². The Kier molecular flexibility index (Phi) is 3.29. The van der Waals surface area contributed by atoms with Crippen molar-refractivity contribution in [1.29, 1.82) is 0 Å². The summed E-state index contributed by atoms with van der Waals surface area (Å²) in [7, 11) is 0. The van der Waals surface area contributed by atoms with E-state index < -0.39 is 11.4 Å². The molecule has 1 fully saturated rings. The predicted molar refractivity (Wildman–Crippen MR) is 53.0 cm³/mol. The number of carboxylic acids is 1. The average molecular weight is 198 g/mol. The quantitative estimate of drug-likeness (QED) is 0.753. The zero-order chi connectivity index (χ0) is 10.8. The van der Waals surface area contributed by atoms with Crippen molar-refractivity contribution < 1.29 is 14.7 Å². The molecule has 1 rings (SSSR count). The van der Waals surface area contributed by atoms with Crippen molar-refractivity contribution in [3.05, 3.63) is 0 Å². The first-order valence-electron chi connectivity index (χ1n) is 5.24. The lowest BCUT2D eigenvalue weighted by Crippen LogP contribution is -2.31. The van der Waals surface area contributed by atoms with Crippen molar-refractivity contribution in [3.8, 4) is 0 Å². The number of ketones is 1. The molecule has 0 spiro atoms. The van der Waals surface area contributed by atoms with Crippen LogP contribution >= 0.6 is 0 Å². The van der Waals surface area contributed by atoms with Crippen molar-refractivity contribution in [3.63, 3.8) is 0 Å². The minimum absolute atomic E-state index is 0.0492. The van der Waals surface area contributed by atoms with Crippen LogP contribution in [0.5, 0.6) is 0 Å². The number of carbonyl (C=O) groups is 2. The average Bonchev–Trinajstić information content (AvgIpc) is 2.53. The van der Waals surface area contributed by atoms with Gasteiger partial charge in [0.05, 0.1) is 5.41 Å². The zero-order valence-corrected chi connectivity index (χ0v) is 8.88. The molecule has 14 heavy (non-hydrogen) atoms. The molecule has 1 aliphatic carbocycles. The summed E-state index contributed by atoms with van der Waals surface area (Å²) in [5, 5.41) is 9.14. The SMILES string of the molecule is CC(C)C(=O)CC1(C(=O)O)CCCC1. The molecule has 0 heterocycles. The zero-order valence-electron chi connectivity index (χ0n) is 8.88. The fourth-order valence-corrected chi connectivity index (χ4v) is 2.06. The van der Waals surface area contributed by atoms with Crippen LogP contribution in [0.3, 0.4) is 0 Å². The van der Waals surface area contributed by atoms with Crippen LogP contribution in [-0.2, 0) is 9.59 Å². The summed E-state index contributed by atoms with van der Waals surface area (Å²) in [6.45, 7) is 3.65. The lowest BCUT2D eigenvalue weighted by atomic mass is 9.79. The van der Waals surface area contributed by atoms with Gasteiger partial charge in [0, 0.05) is 12.3 Å². The third-order valence-electron chi connectivity index (χ3n) is 3.17. The van der Waals surface area contributed by atoms with Crippen LogP contribution in [0.1, 0.15) is 46.0 Å². The van der Waals surface area contributed by atoms with Crippen LogP contribution in [0.4, 0.5) is 0 Å². The predicted octanol–water partition coefficient (Wildman–Crippen LogP) is 2.25. The fraction of sp³-hybridized carbons (Fsp3) is 0.818. The van der Waals surface area contributed by atoms with Gasteiger partial charge >= 0.3 is 5.97 Å². The molecule has 0 saturated heterocycles. The van der Waals surface area contributed by atoms with Crippen LogP contribution in [0.15, 0.2) is 0 Å². The van der Waals surface area contributed by atoms with E-state index in [0.717, 1.165) is 12.8 Å². The van der Waals surface area contributed by atoms with Crippen LogP contribution in [0, 0.1) is 11.3 Å². The molecule has 0 atom stereocenters. The maximum Gasteiger partial charge on any atom is 0.310 e. The molecular weight excluding hydrogens is 180 g/mol. The van der Waals surface area contributed by atoms with Gasteiger partial charge in [0.25, 0.3) is 0 Å². The van der Waals surface area contributed by atoms with Gasteiger partial charge in [-0.3, -0.25) is 9.59 Å². The summed E-state index contributed by atoms with van der Waals surface area (Å²) in [4.78, 5) is 22.7. The Morgan fingerprint density at radius 3 is 2.14 bits per heavy atom. The highest BCUT2D eigenvalue weighted by Gasteiger charge is 2.42. The summed E-state index contributed by atoms with van der Waals surface area (Å²) in [5.41, 5.74) is -0.735. The molecule has 0 aliphatic heterocycles. The van der Waals surface area contributed by atoms with Gasteiger partial charge in [-0.2, -0.15) is 0 Å². The molecular formula is C11H18O3. The minimum Gasteiger partial charge on any atom is -0.481 e. The van der Waals surface area contributed by atoms with Gasteiger partial charge in [0.15, 0.2) is 0 Å². The first-order chi connectivity index (χ1) is 6.48. The monoisotopic (exact) mass is 198 g/mol. The van der Waals surface area contributed by atoms with Crippen LogP contribution in [0.25, 0.3) is 0 Å². The summed E-state index contributed by atoms with van der Waals surface area (Å²) >= 11 is 0. The maximum absolute atomic E-state index is 11.5. The second kappa shape index (κ2) is 4.11. The molecule has 80 valence electrons. The third kappa shape index (κ3) is 2.14. The van der Waals surface area contributed by atoms with Gasteiger partial charge in [0.1, 0.15) is 5.78 Å². The van der Waals surface area contributed by atoms with Crippen LogP contribution in [0.2, 0.25) is 0 Å². The lowest BCUT2D eigenvalue weighted by Gasteiger charge is -2.23. The molecule has 1 N–H and O–H groups in total. The van der Waals surface area contributed by atoms with E-state index in [1.165, 1.54) is 0 Å². The summed E-state index contributed by atoms with van der Waals surface area (Å²) in [6, 6.07) is 0. The molecule has 3 nitrogen and oxygen atoms in total. The minimum atomic E-state index is -0.788. The van der Waals surface area contributed by atoms with Crippen molar-refractivity contribution in [2.24, 2.45) is 11.3 Å². The normalized spacial score (nSPS) is 19.9. The first kappa shape index (κ1) is 11.2. The van der Waals surface area contributed by atoms with Crippen molar-refractivity contribution >= 4 is 11.8 Å². The van der Waals surface area contributed by atoms with Crippen LogP contribution < -0.4 is 0 Å². The van der Waals surface area contributed by atoms with E-state index in [1.807, 2.05) is 13.8 Å². The topological polar surface area (TPSA) is 54.4 Å². The standard InChI is InChI=1S/C11H18O3/c1-8(2)9(12)7-11(10(13)14)5-3-4-6-11/h8H,3-7H2,1-2H3,(H,13,14). The molecule has 0 radical (unpaired) electrons. The Hall–Kier alpha value is -0.860. The van der Waals surface area contributed by atoms with Gasteiger partial charge in [-0.15, -0.1) is 0 Å². The molecule has 0 aromatic carbocycles. The molecule has 1 aliphatic rings. The molecule has 3 heteroatoms. The van der Waals surface area contributed by atoms with E-state index in [4.69, 9.17) is 5.11 Å². The van der Waals surface area contributed by atoms with Gasteiger partial charge in [-0.05, 0) is 12.8 Å². The summed E-state index contributed by atoms with van der Waals surface area (Å²) in [5.74, 6) is -0.759. The van der Waals surface area contributed by atoms with E-state index >= 15 is 0 Å². The maximum atomic E-state index is 11.5. The second-order valence-corrected chi connectivity index (χ2v) is 4.59. The summed E-state index contributed by atoms with van der Waals surface area (Å²) in [6.07, 6.45) is 3.44. The number of carboxylic acid groups (broad SMARTS) is 1. The van der Waals surface area contributed by atoms with Crippen molar-refractivity contribution in [2.75, 3.05) is 0 Å². The van der Waals surface area contributed by atoms with Crippen molar-refractivity contribution in [2.45, 2.75) is 46.0 Å². The van der Waals surface area contributed by atoms with Crippen LogP contribution in [-0.4, -0.2) is 16.9 Å². The molecule has 0 bridgehead atoms. The number of aliphatic carboxylic acids is 1. The van der Waals surface area contributed by atoms with Gasteiger partial charge in [0.2, 0.25) is 0 Å². The van der Waals surface area contributed by atoms with Gasteiger partial charge in [-0.25, -0.2) is 0 Å². The second-order valence-electron chi connectivity index (χ2n) is 4.59. The molecule has 0 aromatic heterocycles. The number of hydrogen-bond donors (Lipinski definition) is 1.